The molecule has 0 heterocycles. The minimum Gasteiger partial charge on any atom is -0.491 e. The fourth-order valence-corrected chi connectivity index (χ4v) is 1.65. The summed E-state index contributed by atoms with van der Waals surface area (Å²) in [6.45, 7) is 5.74. The third kappa shape index (κ3) is 6.59. The van der Waals surface area contributed by atoms with E-state index in [1.165, 1.54) is 6.08 Å². The van der Waals surface area contributed by atoms with Gasteiger partial charge in [-0.2, -0.15) is 0 Å². The lowest BCUT2D eigenvalue weighted by atomic mass is 10.2. The highest BCUT2D eigenvalue weighted by Gasteiger charge is 2.03. The molecule has 0 spiro atoms. The topological polar surface area (TPSA) is 55.8 Å². The second-order valence-corrected chi connectivity index (χ2v) is 5.11. The Morgan fingerprint density at radius 2 is 2.15 bits per heavy atom. The number of aliphatic carboxylic acids is 1. The van der Waals surface area contributed by atoms with Crippen LogP contribution in [0.4, 0.5) is 0 Å². The molecule has 110 valence electrons. The lowest BCUT2D eigenvalue weighted by molar-refractivity contribution is -0.131. The number of hydrogen-bond donors (Lipinski definition) is 1. The predicted octanol–water partition coefficient (Wildman–Crippen LogP) is 3.49. The lowest BCUT2D eigenvalue weighted by Gasteiger charge is -2.11. The van der Waals surface area contributed by atoms with Crippen LogP contribution < -0.4 is 4.74 Å². The molecule has 1 N–H and O–H groups in total. The van der Waals surface area contributed by atoms with Gasteiger partial charge < -0.3 is 14.6 Å². The van der Waals surface area contributed by atoms with E-state index in [1.54, 1.807) is 18.2 Å². The molecule has 0 aliphatic heterocycles. The zero-order valence-corrected chi connectivity index (χ0v) is 12.4. The van der Waals surface area contributed by atoms with Gasteiger partial charge in [0.25, 0.3) is 0 Å². The Labute approximate surface area is 124 Å². The minimum absolute atomic E-state index is 0.405. The van der Waals surface area contributed by atoms with Crippen LogP contribution in [0.15, 0.2) is 24.3 Å². The maximum Gasteiger partial charge on any atom is 0.328 e. The monoisotopic (exact) mass is 298 g/mol. The van der Waals surface area contributed by atoms with Crippen LogP contribution in [-0.4, -0.2) is 30.9 Å². The van der Waals surface area contributed by atoms with Crippen LogP contribution in [0.5, 0.6) is 5.75 Å². The Kier molecular flexibility index (Phi) is 7.12. The van der Waals surface area contributed by atoms with Gasteiger partial charge in [0.1, 0.15) is 12.4 Å². The highest BCUT2D eigenvalue weighted by Crippen LogP contribution is 2.24. The van der Waals surface area contributed by atoms with E-state index >= 15 is 0 Å². The smallest absolute Gasteiger partial charge is 0.328 e. The Morgan fingerprint density at radius 1 is 1.40 bits per heavy atom. The summed E-state index contributed by atoms with van der Waals surface area (Å²) in [5.74, 6) is 0.0517. The normalized spacial score (nSPS) is 11.2. The average Bonchev–Trinajstić information content (AvgIpc) is 2.37. The summed E-state index contributed by atoms with van der Waals surface area (Å²) in [5, 5.41) is 9.18. The summed E-state index contributed by atoms with van der Waals surface area (Å²) in [4.78, 5) is 10.6. The number of benzene rings is 1. The molecule has 0 atom stereocenters. The van der Waals surface area contributed by atoms with Crippen LogP contribution in [-0.2, 0) is 9.53 Å². The van der Waals surface area contributed by atoms with Crippen molar-refractivity contribution in [2.75, 3.05) is 19.8 Å². The van der Waals surface area contributed by atoms with E-state index in [2.05, 4.69) is 13.8 Å². The van der Waals surface area contributed by atoms with E-state index in [1.807, 2.05) is 0 Å². The molecule has 0 bridgehead atoms. The van der Waals surface area contributed by atoms with Crippen molar-refractivity contribution in [1.29, 1.82) is 0 Å². The first-order valence-corrected chi connectivity index (χ1v) is 6.78. The van der Waals surface area contributed by atoms with Crippen molar-refractivity contribution >= 4 is 23.6 Å². The molecule has 0 fully saturated rings. The van der Waals surface area contributed by atoms with Gasteiger partial charge in [-0.1, -0.05) is 25.4 Å². The fourth-order valence-electron chi connectivity index (χ4n) is 1.47. The summed E-state index contributed by atoms with van der Waals surface area (Å²) in [5.41, 5.74) is 0.628. The molecule has 0 amide bonds. The standard InChI is InChI=1S/C15H19ClO4/c1-11(2)10-19-7-8-20-14-5-4-13(16)9-12(14)3-6-15(17)18/h3-6,9,11H,7-8,10H2,1-2H3,(H,17,18)/b6-3+. The van der Waals surface area contributed by atoms with Crippen LogP contribution >= 0.6 is 11.6 Å². The molecule has 5 heteroatoms. The Morgan fingerprint density at radius 3 is 2.80 bits per heavy atom. The molecule has 1 aromatic carbocycles. The van der Waals surface area contributed by atoms with Crippen LogP contribution in [0.25, 0.3) is 6.08 Å². The number of halogens is 1. The lowest BCUT2D eigenvalue weighted by Crippen LogP contribution is -2.10. The number of carboxylic acids is 1. The molecule has 0 aliphatic carbocycles. The molecule has 1 aromatic rings. The van der Waals surface area contributed by atoms with E-state index in [4.69, 9.17) is 26.2 Å². The zero-order valence-electron chi connectivity index (χ0n) is 11.6. The average molecular weight is 299 g/mol. The van der Waals surface area contributed by atoms with Gasteiger partial charge >= 0.3 is 5.97 Å². The third-order valence-corrected chi connectivity index (χ3v) is 2.55. The van der Waals surface area contributed by atoms with Gasteiger partial charge in [0.15, 0.2) is 0 Å². The molecule has 20 heavy (non-hydrogen) atoms. The highest BCUT2D eigenvalue weighted by molar-refractivity contribution is 6.30. The van der Waals surface area contributed by atoms with Crippen molar-refractivity contribution in [3.05, 3.63) is 34.9 Å². The van der Waals surface area contributed by atoms with Crippen LogP contribution in [0.2, 0.25) is 5.02 Å². The second kappa shape index (κ2) is 8.61. The maximum atomic E-state index is 10.6. The van der Waals surface area contributed by atoms with Crippen LogP contribution in [0, 0.1) is 5.92 Å². The first-order chi connectivity index (χ1) is 9.49. The highest BCUT2D eigenvalue weighted by atomic mass is 35.5. The summed E-state index contributed by atoms with van der Waals surface area (Å²) in [6, 6.07) is 5.07. The van der Waals surface area contributed by atoms with E-state index in [-0.39, 0.29) is 0 Å². The van der Waals surface area contributed by atoms with E-state index in [9.17, 15) is 4.79 Å². The van der Waals surface area contributed by atoms with Crippen LogP contribution in [0.3, 0.4) is 0 Å². The Hall–Kier alpha value is -1.52. The van der Waals surface area contributed by atoms with E-state index in [0.29, 0.717) is 42.1 Å². The van der Waals surface area contributed by atoms with Gasteiger partial charge in [-0.3, -0.25) is 0 Å². The van der Waals surface area contributed by atoms with Gasteiger partial charge in [0.05, 0.1) is 6.61 Å². The molecule has 0 aliphatic rings. The minimum atomic E-state index is -1.02. The molecule has 1 rings (SSSR count). The SMILES string of the molecule is CC(C)COCCOc1ccc(Cl)cc1/C=C/C(=O)O. The van der Waals surface area contributed by atoms with Gasteiger partial charge in [-0.05, 0) is 30.2 Å². The first-order valence-electron chi connectivity index (χ1n) is 6.40. The zero-order chi connectivity index (χ0) is 15.0. The predicted molar refractivity (Wildman–Crippen MR) is 79.3 cm³/mol. The first kappa shape index (κ1) is 16.5. The number of carbonyl (C=O) groups is 1. The van der Waals surface area contributed by atoms with Crippen molar-refractivity contribution in [1.82, 2.24) is 0 Å². The molecule has 0 radical (unpaired) electrons. The summed E-state index contributed by atoms with van der Waals surface area (Å²) in [7, 11) is 0. The van der Waals surface area contributed by atoms with Crippen molar-refractivity contribution in [3.63, 3.8) is 0 Å². The van der Waals surface area contributed by atoms with Gasteiger partial charge in [0, 0.05) is 23.3 Å². The fraction of sp³-hybridized carbons (Fsp3) is 0.400. The third-order valence-electron chi connectivity index (χ3n) is 2.31. The van der Waals surface area contributed by atoms with Gasteiger partial charge in [0.2, 0.25) is 0 Å². The number of ether oxygens (including phenoxy) is 2. The van der Waals surface area contributed by atoms with Gasteiger partial charge in [-0.25, -0.2) is 4.79 Å². The number of hydrogen-bond acceptors (Lipinski definition) is 3. The molecule has 0 unspecified atom stereocenters. The summed E-state index contributed by atoms with van der Waals surface area (Å²) in [6.07, 6.45) is 2.51. The van der Waals surface area contributed by atoms with Crippen LogP contribution in [0.1, 0.15) is 19.4 Å². The molecular formula is C15H19ClO4. The van der Waals surface area contributed by atoms with E-state index < -0.39 is 5.97 Å². The quantitative estimate of drug-likeness (QED) is 0.589. The summed E-state index contributed by atoms with van der Waals surface area (Å²) < 4.78 is 11.0. The van der Waals surface area contributed by atoms with Crippen molar-refractivity contribution in [3.8, 4) is 5.75 Å². The van der Waals surface area contributed by atoms with E-state index in [0.717, 1.165) is 6.08 Å². The Balaban J connectivity index is 2.58. The van der Waals surface area contributed by atoms with Crippen molar-refractivity contribution < 1.29 is 19.4 Å². The van der Waals surface area contributed by atoms with Crippen molar-refractivity contribution in [2.45, 2.75) is 13.8 Å². The molecular weight excluding hydrogens is 280 g/mol. The molecule has 0 saturated carbocycles. The second-order valence-electron chi connectivity index (χ2n) is 4.67. The van der Waals surface area contributed by atoms with Gasteiger partial charge in [-0.15, -0.1) is 0 Å². The Bertz CT molecular complexity index is 469. The summed E-state index contributed by atoms with van der Waals surface area (Å²) >= 11 is 5.89. The van der Waals surface area contributed by atoms with Crippen molar-refractivity contribution in [2.24, 2.45) is 5.92 Å². The number of carboxylic acid groups (broad SMARTS) is 1. The maximum absolute atomic E-state index is 10.6. The molecule has 0 aromatic heterocycles. The largest absolute Gasteiger partial charge is 0.491 e. The number of rotatable bonds is 8. The molecule has 4 nitrogen and oxygen atoms in total. The molecule has 0 saturated heterocycles.